The van der Waals surface area contributed by atoms with Gasteiger partial charge in [-0.25, -0.2) is 0 Å². The van der Waals surface area contributed by atoms with Crippen molar-refractivity contribution < 1.29 is 21.8 Å². The fourth-order valence-corrected chi connectivity index (χ4v) is 3.05. The van der Waals surface area contributed by atoms with E-state index in [1.807, 2.05) is 31.2 Å². The van der Waals surface area contributed by atoms with Crippen LogP contribution in [0.4, 0.5) is 11.4 Å². The number of hydrogen-bond donors (Lipinski definition) is 5. The molecule has 8 heteroatoms. The number of phenols is 1. The molecule has 0 aromatic heterocycles. The molecule has 0 saturated carbocycles. The molecule has 0 bridgehead atoms. The number of aryl methyl sites for hydroxylation is 1. The molecule has 2 aromatic carbocycles. The molecule has 0 unspecified atom stereocenters. The number of anilines is 2. The number of carbonyl (C=O) groups is 1. The Kier molecular flexibility index (Phi) is 6.45. The Morgan fingerprint density at radius 2 is 1.78 bits per heavy atom. The smallest absolute Gasteiger partial charge is 0.0343 e. The van der Waals surface area contributed by atoms with E-state index in [1.165, 1.54) is 13.0 Å². The molecule has 0 heterocycles. The average molecular weight is 382 g/mol. The zero-order valence-electron chi connectivity index (χ0n) is 12.7. The van der Waals surface area contributed by atoms with Gasteiger partial charge in [0.2, 0.25) is 0 Å². The molecule has 2 rings (SSSR count). The quantitative estimate of drug-likeness (QED) is 0.292. The van der Waals surface area contributed by atoms with Crippen molar-refractivity contribution in [3.63, 3.8) is 0 Å². The summed E-state index contributed by atoms with van der Waals surface area (Å²) >= 11 is -5.15. The predicted molar refractivity (Wildman–Crippen MR) is 88.5 cm³/mol. The first kappa shape index (κ1) is 18.8. The van der Waals surface area contributed by atoms with E-state index in [4.69, 9.17) is 13.9 Å². The maximum atomic E-state index is 11.0. The molecule has 0 aliphatic rings. The molecule has 0 aliphatic heterocycles. The number of carbonyl (C=O) groups excluding carboxylic acids is 1. The van der Waals surface area contributed by atoms with Gasteiger partial charge in [0.1, 0.15) is 0 Å². The Hall–Kier alpha value is -2.21. The van der Waals surface area contributed by atoms with Gasteiger partial charge in [0.25, 0.3) is 0 Å². The van der Waals surface area contributed by atoms with Gasteiger partial charge in [-0.15, -0.1) is 0 Å². The molecule has 124 valence electrons. The van der Waals surface area contributed by atoms with Crippen molar-refractivity contribution in [1.82, 2.24) is 0 Å². The normalized spacial score (nSPS) is 10.4. The van der Waals surface area contributed by atoms with Crippen LogP contribution in [0, 0.1) is 6.92 Å². The summed E-state index contributed by atoms with van der Waals surface area (Å²) in [6.07, 6.45) is 0. The molecule has 23 heavy (non-hydrogen) atoms. The third-order valence-corrected chi connectivity index (χ3v) is 4.87. The van der Waals surface area contributed by atoms with Crippen molar-refractivity contribution in [2.24, 2.45) is 0 Å². The predicted octanol–water partition coefficient (Wildman–Crippen LogP) is 0.489. The topological polar surface area (TPSA) is 133 Å². The summed E-state index contributed by atoms with van der Waals surface area (Å²) in [5.74, 6) is -0.832. The summed E-state index contributed by atoms with van der Waals surface area (Å²) in [5.41, 5.74) is 7.77. The van der Waals surface area contributed by atoms with Crippen molar-refractivity contribution in [2.45, 2.75) is 13.8 Å². The summed E-state index contributed by atoms with van der Waals surface area (Å²) < 4.78 is 28.4. The molecule has 2 aromatic rings. The second-order valence-electron chi connectivity index (χ2n) is 4.79. The minimum absolute atomic E-state index is 0.236. The van der Waals surface area contributed by atoms with E-state index >= 15 is 0 Å². The average Bonchev–Trinajstić information content (AvgIpc) is 2.43. The van der Waals surface area contributed by atoms with E-state index in [0.717, 1.165) is 23.4 Å². The fraction of sp³-hybridized carbons (Fsp3) is 0.133. The first-order valence-electron chi connectivity index (χ1n) is 6.59. The van der Waals surface area contributed by atoms with Gasteiger partial charge in [-0.3, -0.25) is 0 Å². The van der Waals surface area contributed by atoms with Crippen LogP contribution >= 0.6 is 0 Å². The second-order valence-corrected chi connectivity index (χ2v) is 8.08. The Morgan fingerprint density at radius 3 is 2.22 bits per heavy atom. The third kappa shape index (κ3) is 6.20. The first-order chi connectivity index (χ1) is 10.6. The SMILES string of the molecule is CC(=O)Nc1ccc(O)c([As](=O)(O)O)c1.Cc1ccccc1N. The number of rotatable bonds is 2. The monoisotopic (exact) mass is 382 g/mol. The second kappa shape index (κ2) is 7.87. The fourth-order valence-electron chi connectivity index (χ4n) is 1.62. The van der Waals surface area contributed by atoms with Crippen LogP contribution in [0.1, 0.15) is 12.5 Å². The molecular formula is C15H19AsN2O5. The third-order valence-electron chi connectivity index (χ3n) is 2.80. The summed E-state index contributed by atoms with van der Waals surface area (Å²) in [4.78, 5) is 10.7. The summed E-state index contributed by atoms with van der Waals surface area (Å²) in [7, 11) is 0. The number of benzene rings is 2. The zero-order chi connectivity index (χ0) is 17.6. The van der Waals surface area contributed by atoms with Crippen molar-refractivity contribution in [3.8, 4) is 5.75 Å². The molecule has 0 aliphatic carbocycles. The van der Waals surface area contributed by atoms with Crippen LogP contribution in [0.25, 0.3) is 0 Å². The van der Waals surface area contributed by atoms with Crippen LogP contribution in [-0.2, 0) is 8.53 Å². The van der Waals surface area contributed by atoms with Crippen molar-refractivity contribution in [2.75, 3.05) is 11.1 Å². The summed E-state index contributed by atoms with van der Waals surface area (Å²) in [6, 6.07) is 11.3. The van der Waals surface area contributed by atoms with Crippen molar-refractivity contribution in [1.29, 1.82) is 0 Å². The molecule has 0 radical (unpaired) electrons. The number of nitrogens with one attached hydrogen (secondary N) is 1. The number of hydrogen-bond acceptors (Lipinski definition) is 4. The van der Waals surface area contributed by atoms with E-state index in [-0.39, 0.29) is 11.6 Å². The van der Waals surface area contributed by atoms with E-state index in [1.54, 1.807) is 0 Å². The number of aromatic hydroxyl groups is 1. The Morgan fingerprint density at radius 1 is 1.17 bits per heavy atom. The van der Waals surface area contributed by atoms with E-state index in [2.05, 4.69) is 5.32 Å². The standard InChI is InChI=1S/C8H10AsNO5.C7H9N/c1-5(11)10-6-2-3-8(12)7(4-6)9(13,14)15;1-6-4-2-3-5-7(6)8/h2-4,12H,1H3,(H,10,11)(H2,13,14,15);2-5H,8H2,1H3. The Labute approximate surface area is 136 Å². The van der Waals surface area contributed by atoms with Crippen LogP contribution in [0.3, 0.4) is 0 Å². The number of para-hydroxylation sites is 1. The maximum Gasteiger partial charge on any atom is 0.0343 e. The van der Waals surface area contributed by atoms with Gasteiger partial charge < -0.3 is 5.73 Å². The maximum absolute atomic E-state index is 11.0. The van der Waals surface area contributed by atoms with E-state index in [0.29, 0.717) is 0 Å². The molecule has 0 spiro atoms. The summed E-state index contributed by atoms with van der Waals surface area (Å²) in [5, 5.41) is 11.6. The van der Waals surface area contributed by atoms with Gasteiger partial charge in [0, 0.05) is 5.69 Å². The Bertz CT molecular complexity index is 721. The number of nitrogens with two attached hydrogens (primary N) is 1. The Balaban J connectivity index is 0.000000277. The van der Waals surface area contributed by atoms with Gasteiger partial charge in [-0.1, -0.05) is 18.2 Å². The van der Waals surface area contributed by atoms with Gasteiger partial charge in [-0.2, -0.15) is 0 Å². The number of nitrogen functional groups attached to an aromatic ring is 1. The van der Waals surface area contributed by atoms with Gasteiger partial charge in [0.15, 0.2) is 0 Å². The van der Waals surface area contributed by atoms with Gasteiger partial charge >= 0.3 is 88.1 Å². The summed E-state index contributed by atoms with van der Waals surface area (Å²) in [6.45, 7) is 3.27. The van der Waals surface area contributed by atoms with Gasteiger partial charge in [0.05, 0.1) is 0 Å². The number of phenolic OH excluding ortho intramolecular Hbond substituents is 1. The van der Waals surface area contributed by atoms with Crippen molar-refractivity contribution >= 4 is 35.8 Å². The largest absolute Gasteiger partial charge is 0.399 e. The van der Waals surface area contributed by atoms with Crippen LogP contribution in [0.2, 0.25) is 0 Å². The minimum atomic E-state index is -5.15. The molecular weight excluding hydrogens is 363 g/mol. The number of amides is 1. The van der Waals surface area contributed by atoms with Crippen LogP contribution in [-0.4, -0.2) is 33.4 Å². The molecule has 0 saturated heterocycles. The zero-order valence-corrected chi connectivity index (χ0v) is 14.6. The molecule has 1 amide bonds. The minimum Gasteiger partial charge on any atom is -0.399 e. The molecule has 6 N–H and O–H groups in total. The van der Waals surface area contributed by atoms with Gasteiger partial charge in [-0.05, 0) is 18.6 Å². The van der Waals surface area contributed by atoms with E-state index in [9.17, 15) is 13.6 Å². The van der Waals surface area contributed by atoms with E-state index < -0.39 is 24.3 Å². The van der Waals surface area contributed by atoms with Crippen molar-refractivity contribution in [3.05, 3.63) is 48.0 Å². The van der Waals surface area contributed by atoms with Crippen LogP contribution in [0.5, 0.6) is 5.75 Å². The molecule has 7 nitrogen and oxygen atoms in total. The first-order valence-corrected chi connectivity index (χ1v) is 9.97. The van der Waals surface area contributed by atoms with Crippen LogP contribution < -0.4 is 15.4 Å². The molecule has 0 fully saturated rings. The molecule has 0 atom stereocenters. The van der Waals surface area contributed by atoms with Crippen LogP contribution in [0.15, 0.2) is 42.5 Å².